The number of amides is 2. The first-order valence-corrected chi connectivity index (χ1v) is 10.9. The van der Waals surface area contributed by atoms with Crippen LogP contribution in [0, 0.1) is 12.8 Å². The van der Waals surface area contributed by atoms with Crippen LogP contribution in [-0.4, -0.2) is 34.9 Å². The van der Waals surface area contributed by atoms with Crippen LogP contribution >= 0.6 is 0 Å². The van der Waals surface area contributed by atoms with E-state index in [1.165, 1.54) is 34.5 Å². The molecule has 2 aliphatic heterocycles. The minimum absolute atomic E-state index is 0.112. The van der Waals surface area contributed by atoms with Gasteiger partial charge in [-0.25, -0.2) is 4.79 Å². The van der Waals surface area contributed by atoms with Crippen LogP contribution in [0.1, 0.15) is 54.0 Å². The van der Waals surface area contributed by atoms with Gasteiger partial charge in [0.1, 0.15) is 0 Å². The summed E-state index contributed by atoms with van der Waals surface area (Å²) in [6, 6.07) is 10.7. The van der Waals surface area contributed by atoms with Gasteiger partial charge in [0.15, 0.2) is 0 Å². The van der Waals surface area contributed by atoms with E-state index >= 15 is 0 Å². The summed E-state index contributed by atoms with van der Waals surface area (Å²) in [5, 5.41) is 5.58. The number of anilines is 1. The number of piperidine rings is 1. The number of benzene rings is 1. The monoisotopic (exact) mass is 398 g/mol. The molecule has 0 N–H and O–H groups in total. The third kappa shape index (κ3) is 3.95. The zero-order chi connectivity index (χ0) is 20.5. The molecule has 0 spiro atoms. The van der Waals surface area contributed by atoms with Gasteiger partial charge in [0.2, 0.25) is 0 Å². The Morgan fingerprint density at radius 2 is 2.00 bits per heavy atom. The van der Waals surface area contributed by atoms with Crippen molar-refractivity contribution < 1.29 is 4.79 Å². The van der Waals surface area contributed by atoms with Crippen LogP contribution in [0.15, 0.2) is 47.4 Å². The van der Waals surface area contributed by atoms with Crippen molar-refractivity contribution in [3.05, 3.63) is 64.6 Å². The Hall–Kier alpha value is -3.13. The van der Waals surface area contributed by atoms with Gasteiger partial charge in [-0.3, -0.25) is 4.98 Å². The average Bonchev–Trinajstić information content (AvgIpc) is 3.60. The van der Waals surface area contributed by atoms with Crippen LogP contribution in [0.4, 0.5) is 10.5 Å². The lowest BCUT2D eigenvalue weighted by Gasteiger charge is -2.34. The van der Waals surface area contributed by atoms with Crippen LogP contribution in [0.25, 0.3) is 6.08 Å². The Labute approximate surface area is 177 Å². The highest BCUT2D eigenvalue weighted by molar-refractivity contribution is 5.95. The summed E-state index contributed by atoms with van der Waals surface area (Å²) in [7, 11) is 0. The molecule has 1 saturated carbocycles. The van der Waals surface area contributed by atoms with Gasteiger partial charge in [-0.15, -0.1) is 5.10 Å². The molecule has 0 radical (unpaired) electrons. The van der Waals surface area contributed by atoms with E-state index in [-0.39, 0.29) is 6.03 Å². The number of urea groups is 1. The summed E-state index contributed by atoms with van der Waals surface area (Å²) in [6.07, 6.45) is 9.22. The highest BCUT2D eigenvalue weighted by atomic mass is 16.2. The Balaban J connectivity index is 1.24. The van der Waals surface area contributed by atoms with Crippen LogP contribution in [0.5, 0.6) is 0 Å². The molecule has 0 bridgehead atoms. The number of fused-ring (bicyclic) bond motifs is 1. The minimum Gasteiger partial charge on any atom is -0.323 e. The van der Waals surface area contributed by atoms with Crippen LogP contribution in [0.3, 0.4) is 0 Å². The van der Waals surface area contributed by atoms with Crippen molar-refractivity contribution in [2.45, 2.75) is 44.9 Å². The van der Waals surface area contributed by atoms with Gasteiger partial charge in [-0.2, -0.15) is 5.01 Å². The predicted octanol–water partition coefficient (Wildman–Crippen LogP) is 4.92. The fourth-order valence-corrected chi connectivity index (χ4v) is 4.54. The lowest BCUT2D eigenvalue weighted by atomic mass is 9.89. The van der Waals surface area contributed by atoms with Gasteiger partial charge in [0, 0.05) is 25.4 Å². The van der Waals surface area contributed by atoms with E-state index in [1.807, 2.05) is 17.0 Å². The standard InChI is InChI=1S/C25H26N4O/c1-18-14-20(17-22(15-18)21-6-7-21)16-19-8-12-28(13-9-19)25(30)29-24-5-3-10-26-23(24)4-2-11-27-29/h3-5,10,14-15,17,19,21H,6-9,12-13,16H2,1H3. The van der Waals surface area contributed by atoms with Crippen molar-refractivity contribution in [3.63, 3.8) is 0 Å². The molecule has 30 heavy (non-hydrogen) atoms. The first-order chi connectivity index (χ1) is 14.7. The van der Waals surface area contributed by atoms with Gasteiger partial charge < -0.3 is 4.90 Å². The highest BCUT2D eigenvalue weighted by Gasteiger charge is 2.29. The molecule has 5 heteroatoms. The molecule has 1 saturated heterocycles. The molecule has 2 fully saturated rings. The molecule has 2 aromatic rings. The van der Waals surface area contributed by atoms with Crippen molar-refractivity contribution in [1.29, 1.82) is 0 Å². The number of hydrogen-bond acceptors (Lipinski definition) is 3. The van der Waals surface area contributed by atoms with E-state index < -0.39 is 0 Å². The Kier molecular flexibility index (Phi) is 5.00. The zero-order valence-electron chi connectivity index (χ0n) is 17.3. The second-order valence-electron chi connectivity index (χ2n) is 8.66. The van der Waals surface area contributed by atoms with E-state index in [4.69, 9.17) is 0 Å². The average molecular weight is 399 g/mol. The lowest BCUT2D eigenvalue weighted by Crippen LogP contribution is -2.45. The number of hydrogen-bond donors (Lipinski definition) is 0. The van der Waals surface area contributed by atoms with Crippen molar-refractivity contribution in [1.82, 2.24) is 9.88 Å². The SMILES string of the molecule is Cc1cc(CC2CCN(C(=O)N3N=C=C=Cc4ncccc43)CC2)cc(C2CC2)c1. The van der Waals surface area contributed by atoms with Crippen molar-refractivity contribution >= 4 is 23.7 Å². The fraction of sp³-hybridized carbons (Fsp3) is 0.400. The Morgan fingerprint density at radius 1 is 1.17 bits per heavy atom. The molecule has 2 amide bonds. The van der Waals surface area contributed by atoms with E-state index in [0.29, 0.717) is 17.3 Å². The number of nitrogens with zero attached hydrogens (tertiary/aromatic N) is 4. The van der Waals surface area contributed by atoms with Crippen LogP contribution < -0.4 is 5.01 Å². The maximum absolute atomic E-state index is 13.2. The van der Waals surface area contributed by atoms with E-state index in [2.05, 4.69) is 46.8 Å². The molecule has 5 nitrogen and oxygen atoms in total. The van der Waals surface area contributed by atoms with Gasteiger partial charge in [-0.05, 0) is 79.9 Å². The molecule has 0 atom stereocenters. The maximum atomic E-state index is 13.2. The predicted molar refractivity (Wildman–Crippen MR) is 119 cm³/mol. The Bertz CT molecular complexity index is 1070. The molecule has 152 valence electrons. The third-order valence-electron chi connectivity index (χ3n) is 6.27. The number of carbonyl (C=O) groups excluding carboxylic acids is 1. The summed E-state index contributed by atoms with van der Waals surface area (Å²) < 4.78 is 0. The van der Waals surface area contributed by atoms with Crippen molar-refractivity contribution in [2.24, 2.45) is 11.0 Å². The second kappa shape index (κ2) is 7.95. The van der Waals surface area contributed by atoms with E-state index in [1.54, 1.807) is 12.3 Å². The lowest BCUT2D eigenvalue weighted by molar-refractivity contribution is 0.176. The summed E-state index contributed by atoms with van der Waals surface area (Å²) >= 11 is 0. The summed E-state index contributed by atoms with van der Waals surface area (Å²) in [5.41, 5.74) is 8.53. The summed E-state index contributed by atoms with van der Waals surface area (Å²) in [5.74, 6) is 4.10. The molecule has 0 unspecified atom stereocenters. The van der Waals surface area contributed by atoms with Gasteiger partial charge in [0.05, 0.1) is 17.3 Å². The fourth-order valence-electron chi connectivity index (χ4n) is 4.54. The largest absolute Gasteiger partial charge is 0.345 e. The van der Waals surface area contributed by atoms with Gasteiger partial charge >= 0.3 is 6.03 Å². The molecule has 5 rings (SSSR count). The van der Waals surface area contributed by atoms with Gasteiger partial charge in [-0.1, -0.05) is 23.8 Å². The van der Waals surface area contributed by atoms with E-state index in [0.717, 1.165) is 38.3 Å². The topological polar surface area (TPSA) is 48.8 Å². The van der Waals surface area contributed by atoms with E-state index in [9.17, 15) is 4.79 Å². The van der Waals surface area contributed by atoms with Crippen molar-refractivity contribution in [3.8, 4) is 0 Å². The third-order valence-corrected chi connectivity index (χ3v) is 6.27. The molecule has 3 heterocycles. The number of aromatic nitrogens is 1. The zero-order valence-corrected chi connectivity index (χ0v) is 17.3. The Morgan fingerprint density at radius 3 is 2.80 bits per heavy atom. The summed E-state index contributed by atoms with van der Waals surface area (Å²) in [6.45, 7) is 3.71. The first-order valence-electron chi connectivity index (χ1n) is 10.9. The second-order valence-corrected chi connectivity index (χ2v) is 8.66. The first kappa shape index (κ1) is 18.9. The normalized spacial score (nSPS) is 18.4. The molecule has 1 aliphatic carbocycles. The molecule has 3 aliphatic rings. The van der Waals surface area contributed by atoms with Gasteiger partial charge in [0.25, 0.3) is 0 Å². The molecular formula is C25H26N4O. The number of rotatable bonds is 3. The highest BCUT2D eigenvalue weighted by Crippen LogP contribution is 2.41. The molecule has 1 aromatic heterocycles. The number of pyridine rings is 1. The molecule has 1 aromatic carbocycles. The number of carbonyl (C=O) groups is 1. The number of aryl methyl sites for hydroxylation is 1. The minimum atomic E-state index is -0.112. The molecular weight excluding hydrogens is 372 g/mol. The quantitative estimate of drug-likeness (QED) is 0.690. The van der Waals surface area contributed by atoms with Crippen LogP contribution in [-0.2, 0) is 6.42 Å². The number of likely N-dealkylation sites (tertiary alicyclic amines) is 1. The smallest absolute Gasteiger partial charge is 0.323 e. The summed E-state index contributed by atoms with van der Waals surface area (Å²) in [4.78, 5) is 19.4. The van der Waals surface area contributed by atoms with Crippen LogP contribution in [0.2, 0.25) is 0 Å². The maximum Gasteiger partial charge on any atom is 0.345 e. The van der Waals surface area contributed by atoms with Crippen molar-refractivity contribution in [2.75, 3.05) is 18.1 Å². The number of hydrazone groups is 1.